The molecule has 5 nitrogen and oxygen atoms in total. The van der Waals surface area contributed by atoms with Crippen molar-refractivity contribution in [1.29, 1.82) is 0 Å². The van der Waals surface area contributed by atoms with E-state index in [1.54, 1.807) is 42.7 Å². The molecule has 0 aliphatic carbocycles. The summed E-state index contributed by atoms with van der Waals surface area (Å²) in [6, 6.07) is 26.7. The standard InChI is InChI=1S/C34H32F3N3O2/c1-21(2)25-7-6-8-26(17-25)22(3)39-33(42)27-15-16-31-30(18-27)38-20-40(31)19-23-11-13-24(14-12-23)28-9-4-5-10-29(28)32(41)34(35,36)37/h4-18,20-22,32,41H,19H2,1-3H3,(H,39,42)/t22-,32?/m0/s1. The monoisotopic (exact) mass is 571 g/mol. The first-order chi connectivity index (χ1) is 20.0. The molecule has 2 N–H and O–H groups in total. The Morgan fingerprint density at radius 3 is 2.33 bits per heavy atom. The molecule has 0 saturated carbocycles. The summed E-state index contributed by atoms with van der Waals surface area (Å²) in [4.78, 5) is 17.5. The maximum Gasteiger partial charge on any atom is 0.418 e. The molecule has 1 unspecified atom stereocenters. The second kappa shape index (κ2) is 11.8. The molecule has 4 aromatic carbocycles. The Bertz CT molecular complexity index is 1710. The Kier molecular flexibility index (Phi) is 8.18. The summed E-state index contributed by atoms with van der Waals surface area (Å²) in [5, 5.41) is 12.9. The van der Waals surface area contributed by atoms with Crippen LogP contribution in [0.3, 0.4) is 0 Å². The molecule has 0 bridgehead atoms. The molecule has 0 spiro atoms. The van der Waals surface area contributed by atoms with Crippen LogP contribution in [-0.2, 0) is 6.54 Å². The lowest BCUT2D eigenvalue weighted by molar-refractivity contribution is -0.206. The number of alkyl halides is 3. The van der Waals surface area contributed by atoms with E-state index in [2.05, 4.69) is 36.3 Å². The van der Waals surface area contributed by atoms with Gasteiger partial charge in [0, 0.05) is 12.1 Å². The number of rotatable bonds is 8. The molecular formula is C34H32F3N3O2. The highest BCUT2D eigenvalue weighted by Crippen LogP contribution is 2.37. The van der Waals surface area contributed by atoms with E-state index in [-0.39, 0.29) is 17.5 Å². The third-order valence-corrected chi connectivity index (χ3v) is 7.49. The molecule has 8 heteroatoms. The summed E-state index contributed by atoms with van der Waals surface area (Å²) in [7, 11) is 0. The van der Waals surface area contributed by atoms with Crippen LogP contribution >= 0.6 is 0 Å². The average molecular weight is 572 g/mol. The minimum Gasteiger partial charge on any atom is -0.379 e. The highest BCUT2D eigenvalue weighted by atomic mass is 19.4. The Labute approximate surface area is 242 Å². The van der Waals surface area contributed by atoms with Gasteiger partial charge in [-0.05, 0) is 64.4 Å². The van der Waals surface area contributed by atoms with Crippen LogP contribution in [0.25, 0.3) is 22.2 Å². The van der Waals surface area contributed by atoms with Crippen molar-refractivity contribution in [3.05, 3.63) is 125 Å². The van der Waals surface area contributed by atoms with Gasteiger partial charge in [0.25, 0.3) is 5.91 Å². The van der Waals surface area contributed by atoms with Crippen molar-refractivity contribution in [2.45, 2.75) is 51.6 Å². The maximum atomic E-state index is 13.2. The number of carbonyl (C=O) groups is 1. The molecule has 0 radical (unpaired) electrons. The van der Waals surface area contributed by atoms with Crippen LogP contribution in [0.1, 0.15) is 71.4 Å². The second-order valence-electron chi connectivity index (χ2n) is 10.8. The quantitative estimate of drug-likeness (QED) is 0.199. The van der Waals surface area contributed by atoms with E-state index >= 15 is 0 Å². The minimum atomic E-state index is -4.75. The van der Waals surface area contributed by atoms with Gasteiger partial charge >= 0.3 is 6.18 Å². The molecule has 0 aliphatic heterocycles. The first-order valence-corrected chi connectivity index (χ1v) is 13.8. The molecule has 0 fully saturated rings. The van der Waals surface area contributed by atoms with Crippen LogP contribution in [0.2, 0.25) is 0 Å². The number of hydrogen-bond acceptors (Lipinski definition) is 3. The third-order valence-electron chi connectivity index (χ3n) is 7.49. The Hall–Kier alpha value is -4.43. The fourth-order valence-electron chi connectivity index (χ4n) is 5.04. The summed E-state index contributed by atoms with van der Waals surface area (Å²) >= 11 is 0. The topological polar surface area (TPSA) is 67.2 Å². The highest BCUT2D eigenvalue weighted by Gasteiger charge is 2.40. The molecule has 0 aliphatic rings. The van der Waals surface area contributed by atoms with Gasteiger partial charge in [0.2, 0.25) is 0 Å². The van der Waals surface area contributed by atoms with Crippen molar-refractivity contribution >= 4 is 16.9 Å². The van der Waals surface area contributed by atoms with Crippen molar-refractivity contribution in [3.8, 4) is 11.1 Å². The third kappa shape index (κ3) is 6.24. The van der Waals surface area contributed by atoms with Gasteiger partial charge in [0.05, 0.1) is 23.4 Å². The van der Waals surface area contributed by atoms with Crippen LogP contribution in [0.4, 0.5) is 13.2 Å². The van der Waals surface area contributed by atoms with Crippen molar-refractivity contribution < 1.29 is 23.1 Å². The van der Waals surface area contributed by atoms with Crippen LogP contribution in [0.5, 0.6) is 0 Å². The molecule has 42 heavy (non-hydrogen) atoms. The number of nitrogens with zero attached hydrogens (tertiary/aromatic N) is 2. The van der Waals surface area contributed by atoms with E-state index in [0.29, 0.717) is 34.7 Å². The van der Waals surface area contributed by atoms with E-state index in [1.165, 1.54) is 17.7 Å². The van der Waals surface area contributed by atoms with Crippen molar-refractivity contribution in [2.24, 2.45) is 0 Å². The highest BCUT2D eigenvalue weighted by molar-refractivity contribution is 5.97. The number of nitrogens with one attached hydrogen (secondary N) is 1. The summed E-state index contributed by atoms with van der Waals surface area (Å²) in [6.45, 7) is 6.73. The van der Waals surface area contributed by atoms with E-state index in [1.807, 2.05) is 41.8 Å². The first-order valence-electron chi connectivity index (χ1n) is 13.8. The second-order valence-corrected chi connectivity index (χ2v) is 10.8. The zero-order chi connectivity index (χ0) is 30.0. The first kappa shape index (κ1) is 29.1. The van der Waals surface area contributed by atoms with Crippen LogP contribution in [0.15, 0.2) is 97.3 Å². The predicted molar refractivity (Wildman–Crippen MR) is 158 cm³/mol. The number of aromatic nitrogens is 2. The molecule has 5 aromatic rings. The number of aliphatic hydroxyl groups excluding tert-OH is 1. The van der Waals surface area contributed by atoms with Crippen LogP contribution in [0, 0.1) is 0 Å². The maximum absolute atomic E-state index is 13.2. The Morgan fingerprint density at radius 2 is 1.62 bits per heavy atom. The van der Waals surface area contributed by atoms with E-state index < -0.39 is 12.3 Å². The number of hydrogen-bond donors (Lipinski definition) is 2. The molecule has 1 aromatic heterocycles. The number of carbonyl (C=O) groups excluding carboxylic acids is 1. The molecule has 0 saturated heterocycles. The van der Waals surface area contributed by atoms with Gasteiger partial charge in [-0.2, -0.15) is 13.2 Å². The van der Waals surface area contributed by atoms with Crippen LogP contribution < -0.4 is 5.32 Å². The SMILES string of the molecule is CC(C)c1cccc([C@H](C)NC(=O)c2ccc3c(c2)ncn3Cc2ccc(-c3ccccc3C(O)C(F)(F)F)cc2)c1. The summed E-state index contributed by atoms with van der Waals surface area (Å²) < 4.78 is 41.5. The van der Waals surface area contributed by atoms with Gasteiger partial charge in [-0.1, -0.05) is 86.6 Å². The molecule has 1 amide bonds. The van der Waals surface area contributed by atoms with Gasteiger partial charge < -0.3 is 15.0 Å². The Morgan fingerprint density at radius 1 is 0.905 bits per heavy atom. The van der Waals surface area contributed by atoms with Crippen molar-refractivity contribution in [2.75, 3.05) is 0 Å². The average Bonchev–Trinajstić information content (AvgIpc) is 3.38. The number of aliphatic hydroxyl groups is 1. The van der Waals surface area contributed by atoms with Crippen molar-refractivity contribution in [1.82, 2.24) is 14.9 Å². The number of amides is 1. The number of benzene rings is 4. The fourth-order valence-corrected chi connectivity index (χ4v) is 5.04. The summed E-state index contributed by atoms with van der Waals surface area (Å²) in [6.07, 6.45) is -5.61. The number of fused-ring (bicyclic) bond motifs is 1. The van der Waals surface area contributed by atoms with E-state index in [0.717, 1.165) is 16.6 Å². The summed E-state index contributed by atoms with van der Waals surface area (Å²) in [5.74, 6) is 0.220. The molecular weight excluding hydrogens is 539 g/mol. The lowest BCUT2D eigenvalue weighted by Crippen LogP contribution is -2.26. The largest absolute Gasteiger partial charge is 0.418 e. The molecule has 5 rings (SSSR count). The smallest absolute Gasteiger partial charge is 0.379 e. The summed E-state index contributed by atoms with van der Waals surface area (Å²) in [5.41, 5.74) is 5.97. The van der Waals surface area contributed by atoms with Gasteiger partial charge in [-0.25, -0.2) is 4.98 Å². The lowest BCUT2D eigenvalue weighted by atomic mass is 9.95. The van der Waals surface area contributed by atoms with Gasteiger partial charge in [-0.15, -0.1) is 0 Å². The zero-order valence-electron chi connectivity index (χ0n) is 23.6. The van der Waals surface area contributed by atoms with Gasteiger partial charge in [0.1, 0.15) is 0 Å². The van der Waals surface area contributed by atoms with E-state index in [9.17, 15) is 23.1 Å². The molecule has 2 atom stereocenters. The fraction of sp³-hybridized carbons (Fsp3) is 0.235. The molecule has 216 valence electrons. The van der Waals surface area contributed by atoms with Crippen LogP contribution in [-0.4, -0.2) is 26.7 Å². The molecule has 1 heterocycles. The lowest BCUT2D eigenvalue weighted by Gasteiger charge is -2.18. The Balaban J connectivity index is 1.30. The minimum absolute atomic E-state index is 0.156. The van der Waals surface area contributed by atoms with Crippen molar-refractivity contribution in [3.63, 3.8) is 0 Å². The number of imidazole rings is 1. The number of halogens is 3. The normalized spacial score (nSPS) is 13.3. The predicted octanol–water partition coefficient (Wildman–Crippen LogP) is 7.96. The zero-order valence-corrected chi connectivity index (χ0v) is 23.6. The van der Waals surface area contributed by atoms with E-state index in [4.69, 9.17) is 0 Å². The van der Waals surface area contributed by atoms with Gasteiger partial charge in [-0.3, -0.25) is 4.79 Å². The van der Waals surface area contributed by atoms with Gasteiger partial charge in [0.15, 0.2) is 6.10 Å².